The SMILES string of the molecule is COc1cccc(-c2ccc(C[C@H]3[C@H](C[C@@H](Cc4ccccc4)NC(=O)OC(C)(C)C)OC(C)(C)N3C(=O)O)cc2)n1. The standard InChI is InChI=1S/C33H41N3O6/c1-32(2,3)42-30(37)34-25(19-22-11-8-7-9-12-22)21-28-27(36(31(38)39)33(4,5)41-28)20-23-15-17-24(18-16-23)26-13-10-14-29(35-26)40-6/h7-18,25,27-28H,19-21H2,1-6H3,(H,34,37)(H,38,39)/t25-,27+,28+/m1/s1. The normalized spacial score (nSPS) is 18.8. The maximum absolute atomic E-state index is 12.8. The highest BCUT2D eigenvalue weighted by atomic mass is 16.6. The van der Waals surface area contributed by atoms with Crippen molar-refractivity contribution in [3.8, 4) is 17.1 Å². The zero-order chi connectivity index (χ0) is 30.5. The van der Waals surface area contributed by atoms with Crippen molar-refractivity contribution in [3.63, 3.8) is 0 Å². The molecule has 3 aromatic rings. The highest BCUT2D eigenvalue weighted by Gasteiger charge is 2.50. The number of methoxy groups -OCH3 is 1. The summed E-state index contributed by atoms with van der Waals surface area (Å²) in [5, 5.41) is 13.3. The molecule has 0 bridgehead atoms. The highest BCUT2D eigenvalue weighted by molar-refractivity contribution is 5.68. The Labute approximate surface area is 247 Å². The molecule has 4 rings (SSSR count). The molecule has 1 saturated heterocycles. The van der Waals surface area contributed by atoms with Gasteiger partial charge in [0.1, 0.15) is 11.3 Å². The van der Waals surface area contributed by atoms with Gasteiger partial charge in [-0.05, 0) is 71.1 Å². The average Bonchev–Trinajstić information content (AvgIpc) is 3.17. The van der Waals surface area contributed by atoms with Crippen molar-refractivity contribution in [3.05, 3.63) is 83.9 Å². The number of hydrogen-bond donors (Lipinski definition) is 2. The summed E-state index contributed by atoms with van der Waals surface area (Å²) in [7, 11) is 1.58. The fourth-order valence-electron chi connectivity index (χ4n) is 5.46. The van der Waals surface area contributed by atoms with E-state index in [1.165, 1.54) is 4.90 Å². The number of nitrogens with one attached hydrogen (secondary N) is 1. The van der Waals surface area contributed by atoms with E-state index in [9.17, 15) is 14.7 Å². The van der Waals surface area contributed by atoms with E-state index in [-0.39, 0.29) is 6.04 Å². The number of alkyl carbamates (subject to hydrolysis) is 1. The zero-order valence-corrected chi connectivity index (χ0v) is 25.2. The van der Waals surface area contributed by atoms with Gasteiger partial charge < -0.3 is 24.6 Å². The smallest absolute Gasteiger partial charge is 0.409 e. The molecule has 9 heteroatoms. The summed E-state index contributed by atoms with van der Waals surface area (Å²) in [6, 6.07) is 22.5. The second kappa shape index (κ2) is 12.8. The molecule has 2 N–H and O–H groups in total. The van der Waals surface area contributed by atoms with Gasteiger partial charge in [-0.15, -0.1) is 0 Å². The molecule has 42 heavy (non-hydrogen) atoms. The number of benzene rings is 2. The van der Waals surface area contributed by atoms with Crippen LogP contribution in [0.1, 0.15) is 52.2 Å². The summed E-state index contributed by atoms with van der Waals surface area (Å²) >= 11 is 0. The number of pyridine rings is 1. The van der Waals surface area contributed by atoms with Crippen LogP contribution >= 0.6 is 0 Å². The first kappa shape index (κ1) is 30.8. The molecule has 0 aliphatic carbocycles. The van der Waals surface area contributed by atoms with Gasteiger partial charge >= 0.3 is 12.2 Å². The minimum Gasteiger partial charge on any atom is -0.481 e. The molecule has 0 unspecified atom stereocenters. The lowest BCUT2D eigenvalue weighted by molar-refractivity contribution is -0.0695. The van der Waals surface area contributed by atoms with Crippen LogP contribution in [0.15, 0.2) is 72.8 Å². The summed E-state index contributed by atoms with van der Waals surface area (Å²) in [6.45, 7) is 8.98. The van der Waals surface area contributed by atoms with Crippen LogP contribution in [0.25, 0.3) is 11.3 Å². The number of carboxylic acid groups (broad SMARTS) is 1. The first-order chi connectivity index (χ1) is 19.8. The van der Waals surface area contributed by atoms with E-state index in [0.717, 1.165) is 22.4 Å². The zero-order valence-electron chi connectivity index (χ0n) is 25.2. The number of amides is 2. The van der Waals surface area contributed by atoms with Crippen LogP contribution in [-0.4, -0.2) is 63.8 Å². The molecule has 0 radical (unpaired) electrons. The molecule has 224 valence electrons. The van der Waals surface area contributed by atoms with Crippen LogP contribution in [0.5, 0.6) is 5.88 Å². The number of aromatic nitrogens is 1. The fourth-order valence-corrected chi connectivity index (χ4v) is 5.46. The Morgan fingerprint density at radius 2 is 1.71 bits per heavy atom. The summed E-state index contributed by atoms with van der Waals surface area (Å²) in [5.74, 6) is 0.534. The van der Waals surface area contributed by atoms with Gasteiger partial charge in [-0.3, -0.25) is 4.90 Å². The van der Waals surface area contributed by atoms with Gasteiger partial charge in [-0.25, -0.2) is 14.6 Å². The van der Waals surface area contributed by atoms with E-state index >= 15 is 0 Å². The number of rotatable bonds is 9. The lowest BCUT2D eigenvalue weighted by atomic mass is 9.93. The van der Waals surface area contributed by atoms with Gasteiger partial charge in [0.25, 0.3) is 0 Å². The van der Waals surface area contributed by atoms with Gasteiger partial charge in [0.2, 0.25) is 5.88 Å². The van der Waals surface area contributed by atoms with Gasteiger partial charge in [-0.2, -0.15) is 0 Å². The number of hydrogen-bond acceptors (Lipinski definition) is 6. The third-order valence-corrected chi connectivity index (χ3v) is 7.18. The molecule has 0 spiro atoms. The molecule has 2 amide bonds. The van der Waals surface area contributed by atoms with E-state index in [1.807, 2.05) is 87.5 Å². The molecule has 9 nitrogen and oxygen atoms in total. The number of carbonyl (C=O) groups is 2. The van der Waals surface area contributed by atoms with Crippen molar-refractivity contribution in [2.45, 2.75) is 83.4 Å². The van der Waals surface area contributed by atoms with Crippen LogP contribution in [0, 0.1) is 0 Å². The van der Waals surface area contributed by atoms with E-state index in [4.69, 9.17) is 14.2 Å². The quantitative estimate of drug-likeness (QED) is 0.308. The number of ether oxygens (including phenoxy) is 3. The van der Waals surface area contributed by atoms with E-state index < -0.39 is 35.7 Å². The molecule has 1 aromatic heterocycles. The Bertz CT molecular complexity index is 1350. The maximum Gasteiger partial charge on any atom is 0.409 e. The van der Waals surface area contributed by atoms with Crippen molar-refractivity contribution in [1.29, 1.82) is 0 Å². The Morgan fingerprint density at radius 3 is 2.33 bits per heavy atom. The molecule has 0 saturated carbocycles. The maximum atomic E-state index is 12.8. The summed E-state index contributed by atoms with van der Waals surface area (Å²) in [5.41, 5.74) is 2.02. The molecule has 2 heterocycles. The minimum atomic E-state index is -1.05. The van der Waals surface area contributed by atoms with E-state index in [1.54, 1.807) is 27.0 Å². The van der Waals surface area contributed by atoms with E-state index in [0.29, 0.717) is 25.1 Å². The average molecular weight is 576 g/mol. The number of nitrogens with zero attached hydrogens (tertiary/aromatic N) is 2. The summed E-state index contributed by atoms with van der Waals surface area (Å²) < 4.78 is 17.2. The predicted octanol–water partition coefficient (Wildman–Crippen LogP) is 6.31. The highest BCUT2D eigenvalue weighted by Crippen LogP contribution is 2.36. The van der Waals surface area contributed by atoms with Crippen LogP contribution in [0.2, 0.25) is 0 Å². The second-order valence-corrected chi connectivity index (χ2v) is 12.1. The molecule has 1 fully saturated rings. The monoisotopic (exact) mass is 575 g/mol. The predicted molar refractivity (Wildman–Crippen MR) is 160 cm³/mol. The second-order valence-electron chi connectivity index (χ2n) is 12.1. The summed E-state index contributed by atoms with van der Waals surface area (Å²) in [4.78, 5) is 31.2. The Morgan fingerprint density at radius 1 is 1.02 bits per heavy atom. The first-order valence-corrected chi connectivity index (χ1v) is 14.2. The lowest BCUT2D eigenvalue weighted by Gasteiger charge is -2.31. The van der Waals surface area contributed by atoms with Crippen LogP contribution in [0.3, 0.4) is 0 Å². The van der Waals surface area contributed by atoms with Crippen molar-refractivity contribution in [2.24, 2.45) is 0 Å². The van der Waals surface area contributed by atoms with Crippen molar-refractivity contribution < 1.29 is 28.9 Å². The van der Waals surface area contributed by atoms with Gasteiger partial charge in [-0.1, -0.05) is 60.7 Å². The van der Waals surface area contributed by atoms with Crippen molar-refractivity contribution in [2.75, 3.05) is 7.11 Å². The molecule has 3 atom stereocenters. The number of carbonyl (C=O) groups excluding carboxylic acids is 1. The third-order valence-electron chi connectivity index (χ3n) is 7.18. The van der Waals surface area contributed by atoms with Crippen molar-refractivity contribution in [1.82, 2.24) is 15.2 Å². The molecular weight excluding hydrogens is 534 g/mol. The van der Waals surface area contributed by atoms with Gasteiger partial charge in [0.05, 0.1) is 24.9 Å². The summed E-state index contributed by atoms with van der Waals surface area (Å²) in [6.07, 6.45) is -0.658. The molecule has 1 aliphatic heterocycles. The van der Waals surface area contributed by atoms with Crippen LogP contribution in [-0.2, 0) is 22.3 Å². The lowest BCUT2D eigenvalue weighted by Crippen LogP contribution is -2.49. The largest absolute Gasteiger partial charge is 0.481 e. The van der Waals surface area contributed by atoms with Crippen molar-refractivity contribution >= 4 is 12.2 Å². The Hall–Kier alpha value is -4.11. The van der Waals surface area contributed by atoms with E-state index in [2.05, 4.69) is 10.3 Å². The van der Waals surface area contributed by atoms with Crippen LogP contribution in [0.4, 0.5) is 9.59 Å². The fraction of sp³-hybridized carbons (Fsp3) is 0.424. The first-order valence-electron chi connectivity index (χ1n) is 14.2. The van der Waals surface area contributed by atoms with Gasteiger partial charge in [0, 0.05) is 17.7 Å². The Balaban J connectivity index is 1.58. The molecular formula is C33H41N3O6. The molecule has 2 aromatic carbocycles. The molecule has 1 aliphatic rings. The van der Waals surface area contributed by atoms with Crippen LogP contribution < -0.4 is 10.1 Å². The van der Waals surface area contributed by atoms with Gasteiger partial charge in [0.15, 0.2) is 0 Å². The Kier molecular flexibility index (Phi) is 9.41. The third kappa shape index (κ3) is 8.00. The minimum absolute atomic E-state index is 0.346. The topological polar surface area (TPSA) is 110 Å².